The maximum Gasteiger partial charge on any atom is 0.139 e. The van der Waals surface area contributed by atoms with Crippen molar-refractivity contribution in [3.8, 4) is 5.75 Å². The topological polar surface area (TPSA) is 33.4 Å². The highest BCUT2D eigenvalue weighted by Crippen LogP contribution is 2.39. The molecule has 0 unspecified atom stereocenters. The molecule has 16 heavy (non-hydrogen) atoms. The molecular weight excluding hydrogens is 275 g/mol. The Hall–Kier alpha value is -1.55. The van der Waals surface area contributed by atoms with Gasteiger partial charge in [0.05, 0.1) is 9.86 Å². The highest BCUT2D eigenvalue weighted by molar-refractivity contribution is 9.10. The molecule has 3 aromatic rings. The van der Waals surface area contributed by atoms with Crippen molar-refractivity contribution in [2.75, 3.05) is 0 Å². The van der Waals surface area contributed by atoms with Crippen molar-refractivity contribution in [2.24, 2.45) is 0 Å². The molecule has 0 saturated heterocycles. The summed E-state index contributed by atoms with van der Waals surface area (Å²) < 4.78 is 19.2. The number of rotatable bonds is 0. The summed E-state index contributed by atoms with van der Waals surface area (Å²) in [5.41, 5.74) is 1.09. The Morgan fingerprint density at radius 1 is 1.06 bits per heavy atom. The first-order valence-electron chi connectivity index (χ1n) is 4.66. The number of halogens is 2. The molecule has 1 heterocycles. The van der Waals surface area contributed by atoms with Gasteiger partial charge in [0.2, 0.25) is 0 Å². The summed E-state index contributed by atoms with van der Waals surface area (Å²) in [6.45, 7) is 0. The minimum Gasteiger partial charge on any atom is -0.507 e. The van der Waals surface area contributed by atoms with Gasteiger partial charge in [-0.05, 0) is 40.2 Å². The van der Waals surface area contributed by atoms with Gasteiger partial charge in [-0.3, -0.25) is 0 Å². The van der Waals surface area contributed by atoms with Crippen LogP contribution in [0.3, 0.4) is 0 Å². The van der Waals surface area contributed by atoms with E-state index >= 15 is 0 Å². The van der Waals surface area contributed by atoms with E-state index in [0.29, 0.717) is 26.4 Å². The van der Waals surface area contributed by atoms with Crippen molar-refractivity contribution < 1.29 is 13.9 Å². The lowest BCUT2D eigenvalue weighted by Crippen LogP contribution is -1.77. The van der Waals surface area contributed by atoms with Crippen molar-refractivity contribution in [1.82, 2.24) is 0 Å². The van der Waals surface area contributed by atoms with E-state index in [0.717, 1.165) is 0 Å². The van der Waals surface area contributed by atoms with E-state index in [-0.39, 0.29) is 11.6 Å². The molecule has 2 nitrogen and oxygen atoms in total. The van der Waals surface area contributed by atoms with Crippen molar-refractivity contribution >= 4 is 37.9 Å². The normalized spacial score (nSPS) is 11.4. The summed E-state index contributed by atoms with van der Waals surface area (Å²) in [6.07, 6.45) is 0. The Balaban J connectivity index is 2.66. The third-order valence-electron chi connectivity index (χ3n) is 2.53. The van der Waals surface area contributed by atoms with Crippen molar-refractivity contribution in [3.05, 3.63) is 40.6 Å². The summed E-state index contributed by atoms with van der Waals surface area (Å²) in [7, 11) is 0. The van der Waals surface area contributed by atoms with Crippen LogP contribution in [0.5, 0.6) is 5.75 Å². The van der Waals surface area contributed by atoms with E-state index in [2.05, 4.69) is 15.9 Å². The Labute approximate surface area is 98.4 Å². The molecule has 0 fully saturated rings. The van der Waals surface area contributed by atoms with Gasteiger partial charge in [-0.15, -0.1) is 0 Å². The zero-order valence-corrected chi connectivity index (χ0v) is 9.58. The molecule has 3 rings (SSSR count). The van der Waals surface area contributed by atoms with Gasteiger partial charge in [0.1, 0.15) is 22.7 Å². The van der Waals surface area contributed by atoms with Gasteiger partial charge < -0.3 is 9.52 Å². The van der Waals surface area contributed by atoms with Crippen molar-refractivity contribution in [1.29, 1.82) is 0 Å². The molecule has 0 atom stereocenters. The lowest BCUT2D eigenvalue weighted by molar-refractivity contribution is 0.481. The summed E-state index contributed by atoms with van der Waals surface area (Å²) in [6, 6.07) is 7.85. The Kier molecular flexibility index (Phi) is 1.94. The molecule has 0 bridgehead atoms. The maximum atomic E-state index is 13.4. The number of fused-ring (bicyclic) bond motifs is 3. The first-order chi connectivity index (χ1) is 7.68. The fraction of sp³-hybridized carbons (Fsp3) is 0. The second-order valence-corrected chi connectivity index (χ2v) is 4.28. The van der Waals surface area contributed by atoms with Crippen LogP contribution >= 0.6 is 15.9 Å². The van der Waals surface area contributed by atoms with Crippen LogP contribution in [0, 0.1) is 5.82 Å². The number of phenolic OH excluding ortho intramolecular Hbond substituents is 1. The third-order valence-corrected chi connectivity index (χ3v) is 3.31. The smallest absolute Gasteiger partial charge is 0.139 e. The van der Waals surface area contributed by atoms with E-state index < -0.39 is 0 Å². The van der Waals surface area contributed by atoms with E-state index in [4.69, 9.17) is 4.42 Å². The zero-order chi connectivity index (χ0) is 11.3. The lowest BCUT2D eigenvalue weighted by atomic mass is 10.1. The summed E-state index contributed by atoms with van der Waals surface area (Å²) >= 11 is 3.17. The van der Waals surface area contributed by atoms with E-state index in [1.54, 1.807) is 24.3 Å². The molecule has 0 aliphatic carbocycles. The molecule has 0 radical (unpaired) electrons. The van der Waals surface area contributed by atoms with Crippen LogP contribution in [0.1, 0.15) is 0 Å². The molecule has 80 valence electrons. The average Bonchev–Trinajstić information content (AvgIpc) is 2.64. The third kappa shape index (κ3) is 1.16. The quantitative estimate of drug-likeness (QED) is 0.670. The predicted octanol–water partition coefficient (Wildman–Crippen LogP) is 4.19. The monoisotopic (exact) mass is 280 g/mol. The van der Waals surface area contributed by atoms with Crippen LogP contribution in [-0.2, 0) is 0 Å². The summed E-state index contributed by atoms with van der Waals surface area (Å²) in [5.74, 6) is -0.291. The number of aromatic hydroxyl groups is 1. The molecule has 4 heteroatoms. The molecule has 1 aromatic heterocycles. The predicted molar refractivity (Wildman–Crippen MR) is 63.0 cm³/mol. The number of hydrogen-bond acceptors (Lipinski definition) is 2. The SMILES string of the molecule is Oc1cccc2oc3ccc(F)c(Br)c3c12. The zero-order valence-electron chi connectivity index (χ0n) is 8.00. The highest BCUT2D eigenvalue weighted by Gasteiger charge is 2.15. The second-order valence-electron chi connectivity index (χ2n) is 3.49. The van der Waals surface area contributed by atoms with Gasteiger partial charge in [0.15, 0.2) is 0 Å². The molecule has 0 spiro atoms. The lowest BCUT2D eigenvalue weighted by Gasteiger charge is -1.97. The van der Waals surface area contributed by atoms with Crippen LogP contribution in [0.15, 0.2) is 39.2 Å². The molecule has 0 saturated carbocycles. The van der Waals surface area contributed by atoms with Gasteiger partial charge in [-0.1, -0.05) is 6.07 Å². The highest BCUT2D eigenvalue weighted by atomic mass is 79.9. The van der Waals surface area contributed by atoms with Crippen LogP contribution < -0.4 is 0 Å². The van der Waals surface area contributed by atoms with Crippen molar-refractivity contribution in [2.45, 2.75) is 0 Å². The Morgan fingerprint density at radius 2 is 1.81 bits per heavy atom. The largest absolute Gasteiger partial charge is 0.507 e. The van der Waals surface area contributed by atoms with Crippen LogP contribution in [0.2, 0.25) is 0 Å². The fourth-order valence-electron chi connectivity index (χ4n) is 1.83. The number of phenols is 1. The van der Waals surface area contributed by atoms with E-state index in [1.807, 2.05) is 0 Å². The van der Waals surface area contributed by atoms with E-state index in [1.165, 1.54) is 6.07 Å². The number of hydrogen-bond donors (Lipinski definition) is 1. The fourth-order valence-corrected chi connectivity index (χ4v) is 2.35. The van der Waals surface area contributed by atoms with E-state index in [9.17, 15) is 9.50 Å². The van der Waals surface area contributed by atoms with Gasteiger partial charge in [-0.25, -0.2) is 4.39 Å². The first-order valence-corrected chi connectivity index (χ1v) is 5.46. The summed E-state index contributed by atoms with van der Waals surface area (Å²) in [4.78, 5) is 0. The standard InChI is InChI=1S/C12H6BrFO2/c13-12-6(14)4-5-9-11(12)10-7(15)2-1-3-8(10)16-9/h1-5,15H. The molecular formula is C12H6BrFO2. The van der Waals surface area contributed by atoms with Crippen LogP contribution in [0.4, 0.5) is 4.39 Å². The minimum absolute atomic E-state index is 0.0857. The maximum absolute atomic E-state index is 13.4. The first kappa shape index (κ1) is 9.66. The van der Waals surface area contributed by atoms with Gasteiger partial charge >= 0.3 is 0 Å². The van der Waals surface area contributed by atoms with Crippen LogP contribution in [-0.4, -0.2) is 5.11 Å². The Morgan fingerprint density at radius 3 is 2.62 bits per heavy atom. The Bertz CT molecular complexity index is 703. The molecule has 2 aromatic carbocycles. The number of benzene rings is 2. The molecule has 0 aliphatic rings. The number of furan rings is 1. The van der Waals surface area contributed by atoms with Gasteiger partial charge in [0.25, 0.3) is 0 Å². The minimum atomic E-state index is -0.376. The average molecular weight is 281 g/mol. The van der Waals surface area contributed by atoms with Crippen molar-refractivity contribution in [3.63, 3.8) is 0 Å². The van der Waals surface area contributed by atoms with Gasteiger partial charge in [0, 0.05) is 5.39 Å². The molecule has 0 aliphatic heterocycles. The van der Waals surface area contributed by atoms with Gasteiger partial charge in [-0.2, -0.15) is 0 Å². The molecule has 0 amide bonds. The molecule has 1 N–H and O–H groups in total. The van der Waals surface area contributed by atoms with Crippen LogP contribution in [0.25, 0.3) is 21.9 Å². The second kappa shape index (κ2) is 3.22. The summed E-state index contributed by atoms with van der Waals surface area (Å²) in [5, 5.41) is 10.9.